The van der Waals surface area contributed by atoms with Crippen molar-refractivity contribution in [2.45, 2.75) is 27.0 Å². The van der Waals surface area contributed by atoms with E-state index in [0.29, 0.717) is 43.9 Å². The Balaban J connectivity index is 0.00000420. The van der Waals surface area contributed by atoms with Gasteiger partial charge >= 0.3 is 0 Å². The molecular formula is C21H31IN4O3. The average Bonchev–Trinajstić information content (AvgIpc) is 3.23. The number of carbonyl (C=O) groups excluding carboxylic acids is 1. The summed E-state index contributed by atoms with van der Waals surface area (Å²) in [6.07, 6.45) is 1.58. The van der Waals surface area contributed by atoms with Gasteiger partial charge in [-0.1, -0.05) is 37.3 Å². The minimum absolute atomic E-state index is 0. The largest absolute Gasteiger partial charge is 0.467 e. The van der Waals surface area contributed by atoms with Crippen LogP contribution in [0.3, 0.4) is 0 Å². The molecule has 0 aliphatic carbocycles. The summed E-state index contributed by atoms with van der Waals surface area (Å²) in [6.45, 7) is 7.18. The van der Waals surface area contributed by atoms with Gasteiger partial charge in [0.05, 0.1) is 26.0 Å². The van der Waals surface area contributed by atoms with Crippen molar-refractivity contribution in [3.05, 3.63) is 60.1 Å². The van der Waals surface area contributed by atoms with Crippen molar-refractivity contribution in [3.8, 4) is 0 Å². The lowest BCUT2D eigenvalue weighted by Gasteiger charge is -2.16. The highest BCUT2D eigenvalue weighted by molar-refractivity contribution is 14.0. The molecule has 0 fully saturated rings. The standard InChI is InChI=1S/C21H30N4O3.HI/c1-3-22-21(25-14-20(26)23-13-19-10-7-11-28-19)24-12-17(2)15-27-16-18-8-5-4-6-9-18;/h4-11,17H,3,12-16H2,1-2H3,(H,23,26)(H2,22,24,25);1H. The molecule has 2 aromatic rings. The van der Waals surface area contributed by atoms with Gasteiger partial charge in [-0.2, -0.15) is 0 Å². The summed E-state index contributed by atoms with van der Waals surface area (Å²) in [7, 11) is 0. The van der Waals surface area contributed by atoms with Crippen LogP contribution in [0.25, 0.3) is 0 Å². The lowest BCUT2D eigenvalue weighted by molar-refractivity contribution is -0.119. The number of furan rings is 1. The zero-order valence-corrected chi connectivity index (χ0v) is 19.3. The number of nitrogens with zero attached hydrogens (tertiary/aromatic N) is 1. The van der Waals surface area contributed by atoms with Gasteiger partial charge in [0.2, 0.25) is 5.91 Å². The second-order valence-corrected chi connectivity index (χ2v) is 6.54. The molecule has 0 aliphatic heterocycles. The monoisotopic (exact) mass is 514 g/mol. The normalized spacial score (nSPS) is 12.0. The molecule has 1 aromatic carbocycles. The van der Waals surface area contributed by atoms with Crippen molar-refractivity contribution in [1.82, 2.24) is 16.0 Å². The predicted octanol–water partition coefficient (Wildman–Crippen LogP) is 2.92. The Kier molecular flexibility index (Phi) is 12.8. The summed E-state index contributed by atoms with van der Waals surface area (Å²) in [5.74, 6) is 1.48. The fourth-order valence-electron chi connectivity index (χ4n) is 2.43. The molecule has 1 aromatic heterocycles. The van der Waals surface area contributed by atoms with Gasteiger partial charge in [-0.05, 0) is 30.5 Å². The summed E-state index contributed by atoms with van der Waals surface area (Å²) in [4.78, 5) is 16.2. The minimum Gasteiger partial charge on any atom is -0.467 e. The van der Waals surface area contributed by atoms with Gasteiger partial charge in [0.15, 0.2) is 5.96 Å². The van der Waals surface area contributed by atoms with Crippen molar-refractivity contribution in [2.24, 2.45) is 10.9 Å². The van der Waals surface area contributed by atoms with Crippen LogP contribution in [0.1, 0.15) is 25.2 Å². The van der Waals surface area contributed by atoms with Crippen molar-refractivity contribution >= 4 is 35.8 Å². The number of halogens is 1. The summed E-state index contributed by atoms with van der Waals surface area (Å²) >= 11 is 0. The van der Waals surface area contributed by atoms with Crippen LogP contribution in [0.15, 0.2) is 58.1 Å². The highest BCUT2D eigenvalue weighted by Crippen LogP contribution is 2.03. The lowest BCUT2D eigenvalue weighted by Crippen LogP contribution is -2.41. The number of hydrogen-bond acceptors (Lipinski definition) is 4. The molecule has 0 radical (unpaired) electrons. The fourth-order valence-corrected chi connectivity index (χ4v) is 2.43. The van der Waals surface area contributed by atoms with Gasteiger partial charge in [0, 0.05) is 13.1 Å². The molecule has 1 unspecified atom stereocenters. The van der Waals surface area contributed by atoms with E-state index in [1.54, 1.807) is 12.3 Å². The summed E-state index contributed by atoms with van der Waals surface area (Å²) in [6, 6.07) is 13.7. The second-order valence-electron chi connectivity index (χ2n) is 6.54. The molecule has 0 spiro atoms. The number of aliphatic imine (C=N–C) groups is 1. The topological polar surface area (TPSA) is 87.9 Å². The molecule has 0 saturated heterocycles. The highest BCUT2D eigenvalue weighted by atomic mass is 127. The van der Waals surface area contributed by atoms with Crippen molar-refractivity contribution in [2.75, 3.05) is 26.2 Å². The number of nitrogens with one attached hydrogen (secondary N) is 3. The quantitative estimate of drug-likeness (QED) is 0.244. The summed E-state index contributed by atoms with van der Waals surface area (Å²) in [5, 5.41) is 9.17. The zero-order chi connectivity index (χ0) is 20.0. The molecule has 0 saturated carbocycles. The number of hydrogen-bond donors (Lipinski definition) is 3. The molecule has 1 atom stereocenters. The molecular weight excluding hydrogens is 483 g/mol. The van der Waals surface area contributed by atoms with Crippen LogP contribution in [-0.4, -0.2) is 38.1 Å². The van der Waals surface area contributed by atoms with Gasteiger partial charge in [-0.3, -0.25) is 4.79 Å². The van der Waals surface area contributed by atoms with Crippen LogP contribution in [0.4, 0.5) is 0 Å². The van der Waals surface area contributed by atoms with Gasteiger partial charge in [-0.15, -0.1) is 24.0 Å². The summed E-state index contributed by atoms with van der Waals surface area (Å²) < 4.78 is 11.0. The number of amides is 1. The van der Waals surface area contributed by atoms with Crippen LogP contribution in [0.5, 0.6) is 0 Å². The van der Waals surface area contributed by atoms with E-state index in [1.165, 1.54) is 0 Å². The Morgan fingerprint density at radius 2 is 1.93 bits per heavy atom. The Hall–Kier alpha value is -2.07. The molecule has 3 N–H and O–H groups in total. The number of ether oxygens (including phenoxy) is 1. The Morgan fingerprint density at radius 1 is 1.14 bits per heavy atom. The average molecular weight is 514 g/mol. The van der Waals surface area contributed by atoms with E-state index < -0.39 is 0 Å². The van der Waals surface area contributed by atoms with Gasteiger partial charge < -0.3 is 25.1 Å². The van der Waals surface area contributed by atoms with Crippen LogP contribution in [0, 0.1) is 5.92 Å². The first-order chi connectivity index (χ1) is 13.7. The predicted molar refractivity (Wildman–Crippen MR) is 125 cm³/mol. The summed E-state index contributed by atoms with van der Waals surface area (Å²) in [5.41, 5.74) is 1.16. The second kappa shape index (κ2) is 14.9. The van der Waals surface area contributed by atoms with Crippen LogP contribution >= 0.6 is 24.0 Å². The molecule has 1 amide bonds. The zero-order valence-electron chi connectivity index (χ0n) is 17.0. The number of rotatable bonds is 11. The first kappa shape index (κ1) is 25.0. The highest BCUT2D eigenvalue weighted by Gasteiger charge is 2.06. The van der Waals surface area contributed by atoms with Gasteiger partial charge in [0.1, 0.15) is 12.3 Å². The Morgan fingerprint density at radius 3 is 2.62 bits per heavy atom. The molecule has 29 heavy (non-hydrogen) atoms. The number of guanidine groups is 1. The van der Waals surface area contributed by atoms with Gasteiger partial charge in [-0.25, -0.2) is 4.99 Å². The molecule has 7 nitrogen and oxygen atoms in total. The van der Waals surface area contributed by atoms with Gasteiger partial charge in [0.25, 0.3) is 0 Å². The maximum atomic E-state index is 11.9. The van der Waals surface area contributed by atoms with E-state index in [-0.39, 0.29) is 36.4 Å². The smallest absolute Gasteiger partial charge is 0.242 e. The SMILES string of the molecule is CCNC(=NCC(=O)NCc1ccco1)NCC(C)COCc1ccccc1.I. The third-order valence-electron chi connectivity index (χ3n) is 3.90. The van der Waals surface area contributed by atoms with Crippen molar-refractivity contribution in [1.29, 1.82) is 0 Å². The fraction of sp³-hybridized carbons (Fsp3) is 0.429. The third-order valence-corrected chi connectivity index (χ3v) is 3.90. The van der Waals surface area contributed by atoms with E-state index in [2.05, 4.69) is 40.0 Å². The van der Waals surface area contributed by atoms with Crippen molar-refractivity contribution < 1.29 is 13.9 Å². The third kappa shape index (κ3) is 10.9. The maximum absolute atomic E-state index is 11.9. The minimum atomic E-state index is -0.159. The van der Waals surface area contributed by atoms with E-state index in [1.807, 2.05) is 31.2 Å². The molecule has 2 rings (SSSR count). The van der Waals surface area contributed by atoms with Crippen LogP contribution in [-0.2, 0) is 22.7 Å². The number of benzene rings is 1. The van der Waals surface area contributed by atoms with E-state index in [9.17, 15) is 4.79 Å². The molecule has 0 aliphatic rings. The lowest BCUT2D eigenvalue weighted by atomic mass is 10.2. The number of carbonyl (C=O) groups is 1. The van der Waals surface area contributed by atoms with Crippen LogP contribution < -0.4 is 16.0 Å². The van der Waals surface area contributed by atoms with E-state index in [4.69, 9.17) is 9.15 Å². The maximum Gasteiger partial charge on any atom is 0.242 e. The molecule has 160 valence electrons. The molecule has 0 bridgehead atoms. The first-order valence-corrected chi connectivity index (χ1v) is 9.60. The first-order valence-electron chi connectivity index (χ1n) is 9.60. The Labute approximate surface area is 189 Å². The van der Waals surface area contributed by atoms with E-state index >= 15 is 0 Å². The molecule has 8 heteroatoms. The Bertz CT molecular complexity index is 708. The van der Waals surface area contributed by atoms with Crippen LogP contribution in [0.2, 0.25) is 0 Å². The molecule has 1 heterocycles. The van der Waals surface area contributed by atoms with Crippen molar-refractivity contribution in [3.63, 3.8) is 0 Å². The van der Waals surface area contributed by atoms with E-state index in [0.717, 1.165) is 12.1 Å².